The second-order valence-corrected chi connectivity index (χ2v) is 5.94. The molecule has 1 aromatic rings. The van der Waals surface area contributed by atoms with Crippen molar-refractivity contribution in [2.24, 2.45) is 5.92 Å². The molecular weight excluding hydrogens is 240 g/mol. The molecule has 0 saturated carbocycles. The van der Waals surface area contributed by atoms with Crippen LogP contribution in [0.4, 0.5) is 0 Å². The first-order valence-corrected chi connectivity index (χ1v) is 7.57. The number of hydrogen-bond acceptors (Lipinski definition) is 4. The summed E-state index contributed by atoms with van der Waals surface area (Å²) in [6, 6.07) is 0. The Kier molecular flexibility index (Phi) is 3.84. The Labute approximate surface area is 114 Å². The summed E-state index contributed by atoms with van der Waals surface area (Å²) in [5.41, 5.74) is 0. The number of aliphatic hydroxyl groups excluding tert-OH is 1. The van der Waals surface area contributed by atoms with Crippen LogP contribution in [0, 0.1) is 5.92 Å². The highest BCUT2D eigenvalue weighted by Crippen LogP contribution is 2.22. The molecule has 0 aliphatic carbocycles. The molecule has 1 fully saturated rings. The lowest BCUT2D eigenvalue weighted by Crippen LogP contribution is -2.36. The van der Waals surface area contributed by atoms with Crippen LogP contribution in [-0.4, -0.2) is 50.5 Å². The zero-order chi connectivity index (χ0) is 13.2. The molecule has 2 aliphatic heterocycles. The summed E-state index contributed by atoms with van der Waals surface area (Å²) in [5.74, 6) is 2.83. The summed E-state index contributed by atoms with van der Waals surface area (Å²) >= 11 is 0. The summed E-state index contributed by atoms with van der Waals surface area (Å²) in [7, 11) is 0. The van der Waals surface area contributed by atoms with Gasteiger partial charge in [0.1, 0.15) is 11.6 Å². The number of aliphatic hydroxyl groups is 1. The van der Waals surface area contributed by atoms with Gasteiger partial charge in [-0.05, 0) is 38.3 Å². The summed E-state index contributed by atoms with van der Waals surface area (Å²) in [6.45, 7) is 6.48. The predicted molar refractivity (Wildman–Crippen MR) is 72.9 cm³/mol. The van der Waals surface area contributed by atoms with E-state index in [1.165, 1.54) is 25.9 Å². The quantitative estimate of drug-likeness (QED) is 0.880. The Hall–Kier alpha value is -0.940. The van der Waals surface area contributed by atoms with Crippen molar-refractivity contribution in [3.8, 4) is 0 Å². The molecule has 2 unspecified atom stereocenters. The van der Waals surface area contributed by atoms with E-state index in [0.717, 1.165) is 37.5 Å². The second-order valence-electron chi connectivity index (χ2n) is 5.94. The van der Waals surface area contributed by atoms with E-state index in [4.69, 9.17) is 0 Å². The fourth-order valence-electron chi connectivity index (χ4n) is 3.38. The highest BCUT2D eigenvalue weighted by Gasteiger charge is 2.25. The minimum absolute atomic E-state index is 0.222. The summed E-state index contributed by atoms with van der Waals surface area (Å²) in [6.07, 6.45) is 5.06. The molecule has 106 valence electrons. The molecule has 3 heterocycles. The fraction of sp³-hybridized carbons (Fsp3) is 0.857. The summed E-state index contributed by atoms with van der Waals surface area (Å²) in [5, 5.41) is 18.4. The molecule has 0 spiro atoms. The first kappa shape index (κ1) is 13.1. The van der Waals surface area contributed by atoms with Gasteiger partial charge in [-0.25, -0.2) is 0 Å². The average Bonchev–Trinajstić information content (AvgIpc) is 2.81. The van der Waals surface area contributed by atoms with E-state index in [1.807, 2.05) is 0 Å². The summed E-state index contributed by atoms with van der Waals surface area (Å²) in [4.78, 5) is 2.52. The molecule has 0 bridgehead atoms. The smallest absolute Gasteiger partial charge is 0.133 e. The number of fused-ring (bicyclic) bond motifs is 1. The number of likely N-dealkylation sites (tertiary alicyclic amines) is 1. The molecule has 2 aliphatic rings. The molecule has 1 saturated heterocycles. The molecule has 1 N–H and O–H groups in total. The van der Waals surface area contributed by atoms with Crippen LogP contribution in [0.3, 0.4) is 0 Å². The Balaban J connectivity index is 1.68. The van der Waals surface area contributed by atoms with Crippen molar-refractivity contribution in [2.45, 2.75) is 51.7 Å². The van der Waals surface area contributed by atoms with Crippen LogP contribution in [0.15, 0.2) is 0 Å². The molecule has 5 nitrogen and oxygen atoms in total. The predicted octanol–water partition coefficient (Wildman–Crippen LogP) is 0.860. The van der Waals surface area contributed by atoms with E-state index in [9.17, 15) is 5.11 Å². The third kappa shape index (κ3) is 2.82. The van der Waals surface area contributed by atoms with Gasteiger partial charge in [-0.15, -0.1) is 10.2 Å². The molecule has 19 heavy (non-hydrogen) atoms. The van der Waals surface area contributed by atoms with E-state index in [-0.39, 0.29) is 6.10 Å². The van der Waals surface area contributed by atoms with Gasteiger partial charge in [-0.3, -0.25) is 0 Å². The standard InChI is InChI=1S/C14H24N4O/c1-2-17-7-3-4-11(9-17)8-14-16-15-13-6-5-12(19)10-18(13)14/h11-12,19H,2-10H2,1H3. The number of hydrogen-bond donors (Lipinski definition) is 1. The van der Waals surface area contributed by atoms with Gasteiger partial charge in [-0.2, -0.15) is 0 Å². The van der Waals surface area contributed by atoms with E-state index in [2.05, 4.69) is 26.6 Å². The van der Waals surface area contributed by atoms with Gasteiger partial charge in [0.25, 0.3) is 0 Å². The van der Waals surface area contributed by atoms with Crippen LogP contribution >= 0.6 is 0 Å². The van der Waals surface area contributed by atoms with Gasteiger partial charge in [0.05, 0.1) is 12.6 Å². The molecule has 5 heteroatoms. The topological polar surface area (TPSA) is 54.2 Å². The first-order chi connectivity index (χ1) is 9.26. The van der Waals surface area contributed by atoms with Gasteiger partial charge in [-0.1, -0.05) is 6.92 Å². The van der Waals surface area contributed by atoms with Gasteiger partial charge in [0.2, 0.25) is 0 Å². The lowest BCUT2D eigenvalue weighted by Gasteiger charge is -2.31. The van der Waals surface area contributed by atoms with E-state index >= 15 is 0 Å². The number of piperidine rings is 1. The normalized spacial score (nSPS) is 28.3. The minimum Gasteiger partial charge on any atom is -0.391 e. The van der Waals surface area contributed by atoms with Crippen molar-refractivity contribution < 1.29 is 5.11 Å². The van der Waals surface area contributed by atoms with Crippen molar-refractivity contribution in [3.05, 3.63) is 11.6 Å². The monoisotopic (exact) mass is 264 g/mol. The van der Waals surface area contributed by atoms with Gasteiger partial charge in [0, 0.05) is 19.4 Å². The second kappa shape index (κ2) is 5.59. The highest BCUT2D eigenvalue weighted by atomic mass is 16.3. The largest absolute Gasteiger partial charge is 0.391 e. The van der Waals surface area contributed by atoms with E-state index < -0.39 is 0 Å². The zero-order valence-corrected chi connectivity index (χ0v) is 11.8. The third-order valence-electron chi connectivity index (χ3n) is 4.52. The van der Waals surface area contributed by atoms with Gasteiger partial charge < -0.3 is 14.6 Å². The Morgan fingerprint density at radius 1 is 1.26 bits per heavy atom. The van der Waals surface area contributed by atoms with Crippen LogP contribution in [0.2, 0.25) is 0 Å². The van der Waals surface area contributed by atoms with Gasteiger partial charge >= 0.3 is 0 Å². The molecule has 0 amide bonds. The van der Waals surface area contributed by atoms with Crippen molar-refractivity contribution in [3.63, 3.8) is 0 Å². The average molecular weight is 264 g/mol. The Bertz CT molecular complexity index is 431. The van der Waals surface area contributed by atoms with Gasteiger partial charge in [0.15, 0.2) is 0 Å². The SMILES string of the molecule is CCN1CCCC(Cc2nnc3n2CC(O)CC3)C1. The van der Waals surface area contributed by atoms with Crippen LogP contribution in [0.1, 0.15) is 37.8 Å². The third-order valence-corrected chi connectivity index (χ3v) is 4.52. The van der Waals surface area contributed by atoms with E-state index in [1.54, 1.807) is 0 Å². The number of aromatic nitrogens is 3. The van der Waals surface area contributed by atoms with Crippen molar-refractivity contribution in [1.82, 2.24) is 19.7 Å². The lowest BCUT2D eigenvalue weighted by atomic mass is 9.94. The van der Waals surface area contributed by atoms with Crippen LogP contribution < -0.4 is 0 Å². The van der Waals surface area contributed by atoms with Crippen LogP contribution in [0.25, 0.3) is 0 Å². The maximum absolute atomic E-state index is 9.80. The van der Waals surface area contributed by atoms with Crippen molar-refractivity contribution in [2.75, 3.05) is 19.6 Å². The summed E-state index contributed by atoms with van der Waals surface area (Å²) < 4.78 is 2.15. The fourth-order valence-corrected chi connectivity index (χ4v) is 3.38. The molecule has 1 aromatic heterocycles. The first-order valence-electron chi connectivity index (χ1n) is 7.57. The number of nitrogens with zero attached hydrogens (tertiary/aromatic N) is 4. The number of aryl methyl sites for hydroxylation is 1. The van der Waals surface area contributed by atoms with Crippen molar-refractivity contribution >= 4 is 0 Å². The number of rotatable bonds is 3. The Morgan fingerprint density at radius 2 is 2.16 bits per heavy atom. The van der Waals surface area contributed by atoms with Crippen LogP contribution in [0.5, 0.6) is 0 Å². The molecule has 0 aromatic carbocycles. The maximum Gasteiger partial charge on any atom is 0.133 e. The maximum atomic E-state index is 9.80. The van der Waals surface area contributed by atoms with Crippen LogP contribution in [-0.2, 0) is 19.4 Å². The Morgan fingerprint density at radius 3 is 3.00 bits per heavy atom. The molecule has 3 rings (SSSR count). The molecular formula is C14H24N4O. The molecule has 2 atom stereocenters. The van der Waals surface area contributed by atoms with E-state index in [0.29, 0.717) is 12.5 Å². The molecule has 0 radical (unpaired) electrons. The van der Waals surface area contributed by atoms with Crippen molar-refractivity contribution in [1.29, 1.82) is 0 Å². The minimum atomic E-state index is -0.222. The highest BCUT2D eigenvalue weighted by molar-refractivity contribution is 5.01. The zero-order valence-electron chi connectivity index (χ0n) is 11.8. The lowest BCUT2D eigenvalue weighted by molar-refractivity contribution is 0.127.